The van der Waals surface area contributed by atoms with Crippen LogP contribution in [0.25, 0.3) is 10.9 Å². The van der Waals surface area contributed by atoms with E-state index >= 15 is 0 Å². The minimum Gasteiger partial charge on any atom is -0.373 e. The van der Waals surface area contributed by atoms with Crippen molar-refractivity contribution in [3.63, 3.8) is 0 Å². The van der Waals surface area contributed by atoms with Crippen LogP contribution in [0.2, 0.25) is 10.0 Å². The molecule has 5 aromatic rings. The van der Waals surface area contributed by atoms with Crippen LogP contribution < -0.4 is 21.6 Å². The molecule has 0 spiro atoms. The van der Waals surface area contributed by atoms with Gasteiger partial charge in [-0.05, 0) is 48.0 Å². The maximum Gasteiger partial charge on any atom is 0.141 e. The van der Waals surface area contributed by atoms with E-state index in [9.17, 15) is 9.65 Å². The summed E-state index contributed by atoms with van der Waals surface area (Å²) in [5.41, 5.74) is 11.8. The molecule has 11 heteroatoms. The van der Waals surface area contributed by atoms with E-state index in [0.29, 0.717) is 45.1 Å². The van der Waals surface area contributed by atoms with Crippen molar-refractivity contribution in [1.82, 2.24) is 25.9 Å². The van der Waals surface area contributed by atoms with Crippen LogP contribution in [-0.4, -0.2) is 15.0 Å². The molecule has 0 amide bonds. The van der Waals surface area contributed by atoms with Gasteiger partial charge in [-0.2, -0.15) is 5.26 Å². The smallest absolute Gasteiger partial charge is 0.141 e. The SMILES string of the molecule is N#Cc1cnc2c(Cl)cc(N[C@H](C3=CN(Cc4ccccn4)NN3)c3ccccc3)cc2c1Nc1ccc(F)c(Cl)c1. The first-order chi connectivity index (χ1) is 20.5. The lowest BCUT2D eigenvalue weighted by molar-refractivity contribution is 0.259. The Labute approximate surface area is 251 Å². The van der Waals surface area contributed by atoms with E-state index in [2.05, 4.69) is 37.6 Å². The van der Waals surface area contributed by atoms with Crippen molar-refractivity contribution >= 4 is 51.2 Å². The van der Waals surface area contributed by atoms with Crippen LogP contribution in [0.1, 0.15) is 22.9 Å². The molecule has 6 rings (SSSR count). The topological polar surface area (TPSA) is 101 Å². The van der Waals surface area contributed by atoms with Gasteiger partial charge >= 0.3 is 0 Å². The van der Waals surface area contributed by atoms with Gasteiger partial charge in [-0.3, -0.25) is 15.0 Å². The molecule has 3 aromatic carbocycles. The summed E-state index contributed by atoms with van der Waals surface area (Å²) in [4.78, 5) is 8.84. The van der Waals surface area contributed by atoms with Crippen molar-refractivity contribution < 1.29 is 4.39 Å². The summed E-state index contributed by atoms with van der Waals surface area (Å²) in [5, 5.41) is 19.6. The molecule has 1 atom stereocenters. The molecule has 0 unspecified atom stereocenters. The molecule has 2 aromatic heterocycles. The molecule has 208 valence electrons. The number of rotatable bonds is 8. The highest BCUT2D eigenvalue weighted by Crippen LogP contribution is 2.37. The number of hydrogen-bond donors (Lipinski definition) is 4. The molecule has 0 aliphatic carbocycles. The molecule has 0 saturated heterocycles. The minimum absolute atomic E-state index is 0.0361. The van der Waals surface area contributed by atoms with Crippen LogP contribution in [0.4, 0.5) is 21.5 Å². The van der Waals surface area contributed by atoms with E-state index in [1.165, 1.54) is 18.3 Å². The fourth-order valence-electron chi connectivity index (χ4n) is 4.70. The van der Waals surface area contributed by atoms with Gasteiger partial charge in [-0.1, -0.05) is 59.6 Å². The van der Waals surface area contributed by atoms with Crippen molar-refractivity contribution in [1.29, 1.82) is 5.26 Å². The van der Waals surface area contributed by atoms with E-state index in [4.69, 9.17) is 23.2 Å². The van der Waals surface area contributed by atoms with Gasteiger partial charge in [0.1, 0.15) is 11.9 Å². The Hall–Kier alpha value is -4.88. The van der Waals surface area contributed by atoms with Crippen LogP contribution in [-0.2, 0) is 6.54 Å². The van der Waals surface area contributed by atoms with E-state index < -0.39 is 5.82 Å². The molecule has 8 nitrogen and oxygen atoms in total. The summed E-state index contributed by atoms with van der Waals surface area (Å²) >= 11 is 12.7. The third-order valence-electron chi connectivity index (χ3n) is 6.69. The minimum atomic E-state index is -0.535. The average Bonchev–Trinajstić information content (AvgIpc) is 3.47. The number of nitriles is 1. The molecule has 0 radical (unpaired) electrons. The van der Waals surface area contributed by atoms with Crippen LogP contribution in [0.3, 0.4) is 0 Å². The molecular formula is C31H23Cl2FN8. The van der Waals surface area contributed by atoms with Gasteiger partial charge in [-0.15, -0.1) is 5.53 Å². The molecule has 4 N–H and O–H groups in total. The predicted octanol–water partition coefficient (Wildman–Crippen LogP) is 7.21. The van der Waals surface area contributed by atoms with E-state index in [-0.39, 0.29) is 11.1 Å². The highest BCUT2D eigenvalue weighted by molar-refractivity contribution is 6.36. The molecule has 0 fully saturated rings. The van der Waals surface area contributed by atoms with Gasteiger partial charge < -0.3 is 16.1 Å². The second-order valence-corrected chi connectivity index (χ2v) is 10.3. The largest absolute Gasteiger partial charge is 0.373 e. The summed E-state index contributed by atoms with van der Waals surface area (Å²) < 4.78 is 13.8. The van der Waals surface area contributed by atoms with E-state index in [1.807, 2.05) is 65.8 Å². The van der Waals surface area contributed by atoms with Crippen molar-refractivity contribution in [2.24, 2.45) is 0 Å². The number of fused-ring (bicyclic) bond motifs is 1. The van der Waals surface area contributed by atoms with E-state index in [1.54, 1.807) is 18.3 Å². The lowest BCUT2D eigenvalue weighted by atomic mass is 10.0. The number of hydrazine groups is 2. The summed E-state index contributed by atoms with van der Waals surface area (Å²) in [6.45, 7) is 0.561. The number of pyridine rings is 2. The number of nitrogens with zero attached hydrogens (tertiary/aromatic N) is 4. The maximum absolute atomic E-state index is 13.8. The number of anilines is 3. The molecule has 42 heavy (non-hydrogen) atoms. The summed E-state index contributed by atoms with van der Waals surface area (Å²) in [5.74, 6) is -0.535. The first-order valence-electron chi connectivity index (χ1n) is 12.9. The highest BCUT2D eigenvalue weighted by Gasteiger charge is 2.23. The molecule has 1 aliphatic rings. The van der Waals surface area contributed by atoms with Gasteiger partial charge in [0.15, 0.2) is 0 Å². The monoisotopic (exact) mass is 596 g/mol. The quantitative estimate of drug-likeness (QED) is 0.149. The van der Waals surface area contributed by atoms with Crippen molar-refractivity contribution in [2.75, 3.05) is 10.6 Å². The Morgan fingerprint density at radius 1 is 0.952 bits per heavy atom. The molecule has 0 bridgehead atoms. The highest BCUT2D eigenvalue weighted by atomic mass is 35.5. The number of benzene rings is 3. The van der Waals surface area contributed by atoms with Crippen LogP contribution >= 0.6 is 23.2 Å². The Morgan fingerprint density at radius 3 is 2.52 bits per heavy atom. The standard InChI is InChI=1S/C31H23Cl2FN8/c32-25-13-21(9-10-27(25)34)38-29-20(15-35)16-37-31-24(29)12-23(14-26(31)33)39-30(19-6-2-1-3-7-19)28-18-42(41-40-28)17-22-8-4-5-11-36-22/h1-14,16,18,30,39-41H,17H2,(H,37,38)/t30-/m0/s1. The van der Waals surface area contributed by atoms with Crippen molar-refractivity contribution in [3.05, 3.63) is 136 Å². The van der Waals surface area contributed by atoms with Gasteiger partial charge in [0, 0.05) is 35.4 Å². The second kappa shape index (κ2) is 11.9. The number of halogens is 3. The molecule has 0 saturated carbocycles. The summed E-state index contributed by atoms with van der Waals surface area (Å²) in [6, 6.07) is 25.6. The lowest BCUT2D eigenvalue weighted by Gasteiger charge is -2.22. The fourth-order valence-corrected chi connectivity index (χ4v) is 5.15. The molecule has 3 heterocycles. The normalized spacial score (nSPS) is 13.3. The molecule has 1 aliphatic heterocycles. The van der Waals surface area contributed by atoms with Gasteiger partial charge in [0.05, 0.1) is 50.8 Å². The molecular weight excluding hydrogens is 574 g/mol. The van der Waals surface area contributed by atoms with E-state index in [0.717, 1.165) is 17.0 Å². The maximum atomic E-state index is 13.8. The first kappa shape index (κ1) is 27.3. The third kappa shape index (κ3) is 5.78. The average molecular weight is 597 g/mol. The summed E-state index contributed by atoms with van der Waals surface area (Å²) in [6.07, 6.45) is 5.21. The third-order valence-corrected chi connectivity index (χ3v) is 7.26. The van der Waals surface area contributed by atoms with Gasteiger partial charge in [0.2, 0.25) is 0 Å². The number of nitrogens with one attached hydrogen (secondary N) is 4. The number of hydrogen-bond acceptors (Lipinski definition) is 8. The lowest BCUT2D eigenvalue weighted by Crippen LogP contribution is -2.37. The first-order valence-corrected chi connectivity index (χ1v) is 13.7. The Morgan fingerprint density at radius 2 is 1.76 bits per heavy atom. The van der Waals surface area contributed by atoms with Crippen LogP contribution in [0, 0.1) is 17.1 Å². The fraction of sp³-hybridized carbons (Fsp3) is 0.0645. The Balaban J connectivity index is 1.38. The Bertz CT molecular complexity index is 1830. The predicted molar refractivity (Wildman–Crippen MR) is 163 cm³/mol. The zero-order chi connectivity index (χ0) is 29.1. The van der Waals surface area contributed by atoms with Gasteiger partial charge in [-0.25, -0.2) is 4.39 Å². The van der Waals surface area contributed by atoms with Crippen molar-refractivity contribution in [3.8, 4) is 6.07 Å². The zero-order valence-electron chi connectivity index (χ0n) is 21.9. The second-order valence-electron chi connectivity index (χ2n) is 9.53. The number of aromatic nitrogens is 2. The summed E-state index contributed by atoms with van der Waals surface area (Å²) in [7, 11) is 0. The van der Waals surface area contributed by atoms with Crippen LogP contribution in [0.5, 0.6) is 0 Å². The zero-order valence-corrected chi connectivity index (χ0v) is 23.5. The van der Waals surface area contributed by atoms with Crippen LogP contribution in [0.15, 0.2) is 103 Å². The Kier molecular flexibility index (Phi) is 7.75. The van der Waals surface area contributed by atoms with Gasteiger partial charge in [0.25, 0.3) is 0 Å². The van der Waals surface area contributed by atoms with Crippen molar-refractivity contribution in [2.45, 2.75) is 12.6 Å².